The lowest BCUT2D eigenvalue weighted by atomic mass is 9.81. The SMILES string of the molecule is CC(CNC(=O)OCc1ccccc1)(C[C@@H](Cc1ccc(-c2cc(Cl)ccc2F)cc1)NC(=O)c1cn[nH]n1)C(=O)O. The van der Waals surface area contributed by atoms with Crippen LogP contribution in [0.4, 0.5) is 9.18 Å². The Balaban J connectivity index is 1.48. The average Bonchev–Trinajstić information content (AvgIpc) is 3.53. The first-order valence-corrected chi connectivity index (χ1v) is 13.4. The third-order valence-corrected chi connectivity index (χ3v) is 6.94. The molecule has 2 amide bonds. The topological polar surface area (TPSA) is 146 Å². The Morgan fingerprint density at radius 2 is 1.81 bits per heavy atom. The highest BCUT2D eigenvalue weighted by Crippen LogP contribution is 2.28. The second kappa shape index (κ2) is 13.7. The summed E-state index contributed by atoms with van der Waals surface area (Å²) in [5.74, 6) is -2.13. The number of aromatic amines is 1. The van der Waals surface area contributed by atoms with Crippen molar-refractivity contribution >= 4 is 29.6 Å². The number of aromatic nitrogens is 3. The smallest absolute Gasteiger partial charge is 0.407 e. The first kappa shape index (κ1) is 30.2. The fraction of sp³-hybridized carbons (Fsp3) is 0.233. The van der Waals surface area contributed by atoms with E-state index in [0.29, 0.717) is 16.1 Å². The number of carboxylic acid groups (broad SMARTS) is 1. The van der Waals surface area contributed by atoms with Gasteiger partial charge in [-0.15, -0.1) is 0 Å². The van der Waals surface area contributed by atoms with Gasteiger partial charge in [0.15, 0.2) is 5.69 Å². The van der Waals surface area contributed by atoms with Crippen LogP contribution in [0, 0.1) is 11.2 Å². The van der Waals surface area contributed by atoms with E-state index < -0.39 is 35.2 Å². The number of rotatable bonds is 12. The molecule has 1 heterocycles. The number of H-pyrrole nitrogens is 1. The second-order valence-corrected chi connectivity index (χ2v) is 10.5. The first-order chi connectivity index (χ1) is 20.1. The van der Waals surface area contributed by atoms with Gasteiger partial charge in [0.1, 0.15) is 12.4 Å². The molecule has 3 aromatic carbocycles. The van der Waals surface area contributed by atoms with Crippen LogP contribution in [-0.2, 0) is 22.6 Å². The zero-order chi connectivity index (χ0) is 30.1. The summed E-state index contributed by atoms with van der Waals surface area (Å²) in [5, 5.41) is 25.7. The molecule has 12 heteroatoms. The average molecular weight is 594 g/mol. The van der Waals surface area contributed by atoms with E-state index in [4.69, 9.17) is 16.3 Å². The van der Waals surface area contributed by atoms with Crippen LogP contribution in [-0.4, -0.2) is 51.1 Å². The molecule has 1 aromatic heterocycles. The largest absolute Gasteiger partial charge is 0.481 e. The molecule has 218 valence electrons. The van der Waals surface area contributed by atoms with Gasteiger partial charge < -0.3 is 20.5 Å². The van der Waals surface area contributed by atoms with Crippen LogP contribution in [0.5, 0.6) is 0 Å². The zero-order valence-electron chi connectivity index (χ0n) is 22.6. The van der Waals surface area contributed by atoms with Gasteiger partial charge in [0.25, 0.3) is 5.91 Å². The number of carboxylic acids is 1. The molecule has 0 bridgehead atoms. The summed E-state index contributed by atoms with van der Waals surface area (Å²) in [4.78, 5) is 37.6. The number of nitrogens with one attached hydrogen (secondary N) is 3. The number of benzene rings is 3. The molecule has 4 N–H and O–H groups in total. The van der Waals surface area contributed by atoms with Gasteiger partial charge >= 0.3 is 12.1 Å². The number of nitrogens with zero attached hydrogens (tertiary/aromatic N) is 2. The maximum Gasteiger partial charge on any atom is 0.407 e. The van der Waals surface area contributed by atoms with Crippen molar-refractivity contribution in [2.24, 2.45) is 5.41 Å². The molecular weight excluding hydrogens is 565 g/mol. The second-order valence-electron chi connectivity index (χ2n) is 10.0. The van der Waals surface area contributed by atoms with Gasteiger partial charge in [0.2, 0.25) is 0 Å². The van der Waals surface area contributed by atoms with Gasteiger partial charge in [0, 0.05) is 23.2 Å². The van der Waals surface area contributed by atoms with Gasteiger partial charge in [-0.25, -0.2) is 9.18 Å². The van der Waals surface area contributed by atoms with Gasteiger partial charge in [-0.2, -0.15) is 15.4 Å². The highest BCUT2D eigenvalue weighted by Gasteiger charge is 2.37. The van der Waals surface area contributed by atoms with Crippen molar-refractivity contribution in [1.29, 1.82) is 0 Å². The first-order valence-electron chi connectivity index (χ1n) is 13.0. The van der Waals surface area contributed by atoms with Crippen LogP contribution in [0.3, 0.4) is 0 Å². The fourth-order valence-corrected chi connectivity index (χ4v) is 4.56. The molecule has 0 saturated heterocycles. The van der Waals surface area contributed by atoms with E-state index in [1.165, 1.54) is 31.3 Å². The quantitative estimate of drug-likeness (QED) is 0.180. The maximum atomic E-state index is 14.4. The Hall–Kier alpha value is -4.77. The summed E-state index contributed by atoms with van der Waals surface area (Å²) < 4.78 is 19.6. The van der Waals surface area contributed by atoms with Gasteiger partial charge in [-0.3, -0.25) is 9.59 Å². The van der Waals surface area contributed by atoms with Crippen molar-refractivity contribution in [3.63, 3.8) is 0 Å². The predicted octanol–water partition coefficient (Wildman–Crippen LogP) is 5.01. The van der Waals surface area contributed by atoms with E-state index in [1.807, 2.05) is 18.2 Å². The van der Waals surface area contributed by atoms with E-state index in [-0.39, 0.29) is 31.7 Å². The van der Waals surface area contributed by atoms with Crippen LogP contribution in [0.1, 0.15) is 35.0 Å². The molecule has 0 aliphatic rings. The number of amides is 2. The molecule has 0 fully saturated rings. The summed E-state index contributed by atoms with van der Waals surface area (Å²) >= 11 is 6.03. The van der Waals surface area contributed by atoms with Gasteiger partial charge in [-0.05, 0) is 54.7 Å². The van der Waals surface area contributed by atoms with Crippen LogP contribution < -0.4 is 10.6 Å². The summed E-state index contributed by atoms with van der Waals surface area (Å²) in [6.07, 6.45) is 0.679. The minimum Gasteiger partial charge on any atom is -0.481 e. The standard InChI is InChI=1S/C30H29ClFN5O5/c1-30(28(39)40,18-33-29(41)42-17-20-5-3-2-4-6-20)15-23(35-27(38)26-16-34-37-36-26)13-19-7-9-21(10-8-19)24-14-22(31)11-12-25(24)32/h2-12,14,16,23H,13,15,17-18H2,1H3,(H,33,41)(H,35,38)(H,39,40)(H,34,36,37)/t23-,30?/m1/s1. The summed E-state index contributed by atoms with van der Waals surface area (Å²) in [7, 11) is 0. The monoisotopic (exact) mass is 593 g/mol. The Labute approximate surface area is 246 Å². The normalized spacial score (nSPS) is 13.0. The Kier molecular flexibility index (Phi) is 9.87. The van der Waals surface area contributed by atoms with E-state index in [9.17, 15) is 23.9 Å². The van der Waals surface area contributed by atoms with E-state index in [2.05, 4.69) is 26.0 Å². The minimum atomic E-state index is -1.47. The molecule has 42 heavy (non-hydrogen) atoms. The maximum absolute atomic E-state index is 14.4. The van der Waals surface area contributed by atoms with E-state index in [0.717, 1.165) is 11.1 Å². The van der Waals surface area contributed by atoms with Crippen molar-refractivity contribution in [3.05, 3.63) is 107 Å². The molecular formula is C30H29ClFN5O5. The summed E-state index contributed by atoms with van der Waals surface area (Å²) in [6, 6.07) is 19.6. The third kappa shape index (κ3) is 8.14. The van der Waals surface area contributed by atoms with Gasteiger partial charge in [-0.1, -0.05) is 66.2 Å². The lowest BCUT2D eigenvalue weighted by Crippen LogP contribution is -2.47. The van der Waals surface area contributed by atoms with Crippen LogP contribution in [0.15, 0.2) is 79.0 Å². The van der Waals surface area contributed by atoms with Crippen molar-refractivity contribution in [2.45, 2.75) is 32.4 Å². The number of halogens is 2. The number of carbonyl (C=O) groups is 3. The van der Waals surface area contributed by atoms with Crippen molar-refractivity contribution < 1.29 is 28.6 Å². The number of hydrogen-bond acceptors (Lipinski definition) is 6. The summed E-state index contributed by atoms with van der Waals surface area (Å²) in [6.45, 7) is 1.26. The molecule has 0 radical (unpaired) electrons. The lowest BCUT2D eigenvalue weighted by molar-refractivity contribution is -0.148. The lowest BCUT2D eigenvalue weighted by Gasteiger charge is -2.30. The van der Waals surface area contributed by atoms with E-state index in [1.54, 1.807) is 36.4 Å². The molecule has 4 rings (SSSR count). The third-order valence-electron chi connectivity index (χ3n) is 6.71. The molecule has 0 saturated carbocycles. The number of hydrogen-bond donors (Lipinski definition) is 4. The molecule has 1 unspecified atom stereocenters. The molecule has 0 spiro atoms. The van der Waals surface area contributed by atoms with E-state index >= 15 is 0 Å². The van der Waals surface area contributed by atoms with Crippen molar-refractivity contribution in [3.8, 4) is 11.1 Å². The molecule has 10 nitrogen and oxygen atoms in total. The highest BCUT2D eigenvalue weighted by atomic mass is 35.5. The number of aliphatic carboxylic acids is 1. The predicted molar refractivity (Wildman–Crippen MR) is 153 cm³/mol. The van der Waals surface area contributed by atoms with Crippen LogP contribution in [0.25, 0.3) is 11.1 Å². The molecule has 2 atom stereocenters. The van der Waals surface area contributed by atoms with Gasteiger partial charge in [0.05, 0.1) is 11.6 Å². The fourth-order valence-electron chi connectivity index (χ4n) is 4.39. The Morgan fingerprint density at radius 3 is 2.48 bits per heavy atom. The number of alkyl carbamates (subject to hydrolysis) is 1. The summed E-state index contributed by atoms with van der Waals surface area (Å²) in [5.41, 5.74) is 1.05. The Morgan fingerprint density at radius 1 is 1.07 bits per heavy atom. The molecule has 0 aliphatic carbocycles. The van der Waals surface area contributed by atoms with Crippen molar-refractivity contribution in [1.82, 2.24) is 26.0 Å². The molecule has 0 aliphatic heterocycles. The molecule has 4 aromatic rings. The zero-order valence-corrected chi connectivity index (χ0v) is 23.4. The Bertz CT molecular complexity index is 1520. The van der Waals surface area contributed by atoms with Crippen LogP contribution in [0.2, 0.25) is 5.02 Å². The number of carbonyl (C=O) groups excluding carboxylic acids is 2. The van der Waals surface area contributed by atoms with Crippen molar-refractivity contribution in [2.75, 3.05) is 6.54 Å². The minimum absolute atomic E-state index is 0.0297. The van der Waals surface area contributed by atoms with Crippen LogP contribution >= 0.6 is 11.6 Å². The number of ether oxygens (including phenoxy) is 1. The highest BCUT2D eigenvalue weighted by molar-refractivity contribution is 6.30.